The predicted molar refractivity (Wildman–Crippen MR) is 72.0 cm³/mol. The van der Waals surface area contributed by atoms with Gasteiger partial charge in [0.15, 0.2) is 0 Å². The van der Waals surface area contributed by atoms with Crippen LogP contribution in [0.2, 0.25) is 0 Å². The highest BCUT2D eigenvalue weighted by atomic mass is 16.4. The average molecular weight is 243 g/mol. The van der Waals surface area contributed by atoms with Gasteiger partial charge in [0, 0.05) is 13.1 Å². The molecule has 94 valence electrons. The number of aliphatic hydroxyl groups is 1. The SMILES string of the molecule is OC(CNC/C=C/c1ccccc1)c1ccco1. The van der Waals surface area contributed by atoms with Gasteiger partial charge in [0.25, 0.3) is 0 Å². The Kier molecular flexibility index (Phi) is 4.76. The molecule has 0 aliphatic carbocycles. The van der Waals surface area contributed by atoms with Crippen molar-refractivity contribution in [2.45, 2.75) is 6.10 Å². The van der Waals surface area contributed by atoms with Crippen LogP contribution in [0.15, 0.2) is 59.2 Å². The van der Waals surface area contributed by atoms with Gasteiger partial charge in [-0.2, -0.15) is 0 Å². The Balaban J connectivity index is 1.69. The zero-order valence-electron chi connectivity index (χ0n) is 10.1. The fourth-order valence-corrected chi connectivity index (χ4v) is 1.64. The van der Waals surface area contributed by atoms with Crippen molar-refractivity contribution in [3.05, 3.63) is 66.1 Å². The molecule has 3 heteroatoms. The molecule has 2 rings (SSSR count). The number of nitrogens with one attached hydrogen (secondary N) is 1. The lowest BCUT2D eigenvalue weighted by atomic mass is 10.2. The maximum Gasteiger partial charge on any atom is 0.133 e. The van der Waals surface area contributed by atoms with Crippen molar-refractivity contribution >= 4 is 6.08 Å². The van der Waals surface area contributed by atoms with Gasteiger partial charge in [0.05, 0.1) is 6.26 Å². The number of hydrogen-bond acceptors (Lipinski definition) is 3. The molecule has 1 aromatic carbocycles. The van der Waals surface area contributed by atoms with E-state index in [-0.39, 0.29) is 0 Å². The number of aliphatic hydroxyl groups excluding tert-OH is 1. The van der Waals surface area contributed by atoms with Gasteiger partial charge < -0.3 is 14.8 Å². The van der Waals surface area contributed by atoms with E-state index >= 15 is 0 Å². The van der Waals surface area contributed by atoms with Crippen LogP contribution < -0.4 is 5.32 Å². The van der Waals surface area contributed by atoms with Crippen molar-refractivity contribution in [3.63, 3.8) is 0 Å². The van der Waals surface area contributed by atoms with Gasteiger partial charge in [0.1, 0.15) is 11.9 Å². The first-order valence-electron chi connectivity index (χ1n) is 6.00. The normalized spacial score (nSPS) is 12.9. The number of benzene rings is 1. The van der Waals surface area contributed by atoms with Gasteiger partial charge in [-0.25, -0.2) is 0 Å². The van der Waals surface area contributed by atoms with Crippen LogP contribution >= 0.6 is 0 Å². The Hall–Kier alpha value is -1.84. The van der Waals surface area contributed by atoms with Crippen molar-refractivity contribution in [1.82, 2.24) is 5.32 Å². The standard InChI is InChI=1S/C15H17NO2/c17-14(15-9-5-11-18-15)12-16-10-4-8-13-6-2-1-3-7-13/h1-9,11,14,16-17H,10,12H2/b8-4+. The lowest BCUT2D eigenvalue weighted by molar-refractivity contribution is 0.149. The summed E-state index contributed by atoms with van der Waals surface area (Å²) in [5.41, 5.74) is 1.17. The molecule has 3 nitrogen and oxygen atoms in total. The third-order valence-corrected chi connectivity index (χ3v) is 2.58. The number of hydrogen-bond donors (Lipinski definition) is 2. The second-order valence-electron chi connectivity index (χ2n) is 4.00. The molecule has 0 bridgehead atoms. The molecule has 0 aliphatic heterocycles. The van der Waals surface area contributed by atoms with E-state index in [4.69, 9.17) is 4.42 Å². The molecule has 2 N–H and O–H groups in total. The van der Waals surface area contributed by atoms with E-state index < -0.39 is 6.10 Å². The van der Waals surface area contributed by atoms with Crippen molar-refractivity contribution in [3.8, 4) is 0 Å². The van der Waals surface area contributed by atoms with E-state index in [1.807, 2.05) is 42.5 Å². The Morgan fingerprint density at radius 1 is 1.17 bits per heavy atom. The van der Waals surface area contributed by atoms with Gasteiger partial charge in [-0.15, -0.1) is 0 Å². The van der Waals surface area contributed by atoms with Crippen molar-refractivity contribution in [2.75, 3.05) is 13.1 Å². The summed E-state index contributed by atoms with van der Waals surface area (Å²) in [5.74, 6) is 0.592. The molecule has 1 heterocycles. The molecule has 1 unspecified atom stereocenters. The largest absolute Gasteiger partial charge is 0.467 e. The van der Waals surface area contributed by atoms with Crippen LogP contribution in [0.3, 0.4) is 0 Å². The first kappa shape index (κ1) is 12.6. The third-order valence-electron chi connectivity index (χ3n) is 2.58. The molecule has 1 atom stereocenters. The van der Waals surface area contributed by atoms with Crippen LogP contribution in [-0.4, -0.2) is 18.2 Å². The monoisotopic (exact) mass is 243 g/mol. The van der Waals surface area contributed by atoms with E-state index in [1.54, 1.807) is 18.4 Å². The smallest absolute Gasteiger partial charge is 0.133 e. The highest BCUT2D eigenvalue weighted by molar-refractivity contribution is 5.48. The minimum Gasteiger partial charge on any atom is -0.467 e. The highest BCUT2D eigenvalue weighted by Gasteiger charge is 2.08. The molecule has 0 amide bonds. The highest BCUT2D eigenvalue weighted by Crippen LogP contribution is 2.11. The summed E-state index contributed by atoms with van der Waals surface area (Å²) in [7, 11) is 0. The van der Waals surface area contributed by atoms with Crippen LogP contribution in [0.1, 0.15) is 17.4 Å². The zero-order chi connectivity index (χ0) is 12.6. The first-order valence-corrected chi connectivity index (χ1v) is 6.00. The summed E-state index contributed by atoms with van der Waals surface area (Å²) >= 11 is 0. The van der Waals surface area contributed by atoms with Crippen molar-refractivity contribution < 1.29 is 9.52 Å². The van der Waals surface area contributed by atoms with Gasteiger partial charge in [0.2, 0.25) is 0 Å². The van der Waals surface area contributed by atoms with Gasteiger partial charge in [-0.3, -0.25) is 0 Å². The Bertz CT molecular complexity index is 463. The maximum atomic E-state index is 9.75. The van der Waals surface area contributed by atoms with Crippen LogP contribution in [-0.2, 0) is 0 Å². The molecule has 0 fully saturated rings. The molecular weight excluding hydrogens is 226 g/mol. The molecule has 0 saturated carbocycles. The minimum atomic E-state index is -0.592. The maximum absolute atomic E-state index is 9.75. The lowest BCUT2D eigenvalue weighted by Crippen LogP contribution is -2.21. The fraction of sp³-hybridized carbons (Fsp3) is 0.200. The lowest BCUT2D eigenvalue weighted by Gasteiger charge is -2.07. The van der Waals surface area contributed by atoms with Gasteiger partial charge in [-0.05, 0) is 17.7 Å². The summed E-state index contributed by atoms with van der Waals surface area (Å²) < 4.78 is 5.11. The van der Waals surface area contributed by atoms with E-state index in [2.05, 4.69) is 5.32 Å². The summed E-state index contributed by atoms with van der Waals surface area (Å²) in [4.78, 5) is 0. The zero-order valence-corrected chi connectivity index (χ0v) is 10.1. The van der Waals surface area contributed by atoms with Crippen LogP contribution in [0, 0.1) is 0 Å². The summed E-state index contributed by atoms with van der Waals surface area (Å²) in [5, 5.41) is 12.9. The van der Waals surface area contributed by atoms with Crippen LogP contribution in [0.5, 0.6) is 0 Å². The van der Waals surface area contributed by atoms with Crippen LogP contribution in [0.25, 0.3) is 6.08 Å². The van der Waals surface area contributed by atoms with Gasteiger partial charge >= 0.3 is 0 Å². The molecular formula is C15H17NO2. The number of furan rings is 1. The predicted octanol–water partition coefficient (Wildman–Crippen LogP) is 2.62. The quantitative estimate of drug-likeness (QED) is 0.767. The summed E-state index contributed by atoms with van der Waals surface area (Å²) in [6.45, 7) is 1.19. The second-order valence-corrected chi connectivity index (χ2v) is 4.00. The van der Waals surface area contributed by atoms with Gasteiger partial charge in [-0.1, -0.05) is 42.5 Å². The molecule has 0 radical (unpaired) electrons. The Labute approximate surface area is 107 Å². The molecule has 0 saturated heterocycles. The van der Waals surface area contributed by atoms with E-state index in [0.29, 0.717) is 18.8 Å². The topological polar surface area (TPSA) is 45.4 Å². The summed E-state index contributed by atoms with van der Waals surface area (Å²) in [6, 6.07) is 13.7. The fourth-order valence-electron chi connectivity index (χ4n) is 1.64. The molecule has 2 aromatic rings. The minimum absolute atomic E-state index is 0.479. The average Bonchev–Trinajstić information content (AvgIpc) is 2.93. The molecule has 18 heavy (non-hydrogen) atoms. The van der Waals surface area contributed by atoms with Crippen LogP contribution in [0.4, 0.5) is 0 Å². The van der Waals surface area contributed by atoms with E-state index in [1.165, 1.54) is 5.56 Å². The Morgan fingerprint density at radius 3 is 2.72 bits per heavy atom. The van der Waals surface area contributed by atoms with E-state index in [0.717, 1.165) is 0 Å². The number of rotatable bonds is 6. The summed E-state index contributed by atoms with van der Waals surface area (Å²) in [6.07, 6.45) is 5.05. The molecule has 0 spiro atoms. The second kappa shape index (κ2) is 6.79. The molecule has 0 aliphatic rings. The third kappa shape index (κ3) is 3.87. The van der Waals surface area contributed by atoms with E-state index in [9.17, 15) is 5.11 Å². The first-order chi connectivity index (χ1) is 8.86. The van der Waals surface area contributed by atoms with Crippen molar-refractivity contribution in [1.29, 1.82) is 0 Å². The molecule has 1 aromatic heterocycles. The van der Waals surface area contributed by atoms with Crippen molar-refractivity contribution in [2.24, 2.45) is 0 Å². The Morgan fingerprint density at radius 2 is 2.00 bits per heavy atom.